The van der Waals surface area contributed by atoms with Gasteiger partial charge in [-0.3, -0.25) is 4.99 Å². The zero-order valence-electron chi connectivity index (χ0n) is 16.3. The van der Waals surface area contributed by atoms with Gasteiger partial charge < -0.3 is 14.5 Å². The van der Waals surface area contributed by atoms with Gasteiger partial charge in [-0.25, -0.2) is 9.97 Å². The van der Waals surface area contributed by atoms with Gasteiger partial charge >= 0.3 is 0 Å². The number of nitrogens with one attached hydrogen (secondary N) is 1. The third kappa shape index (κ3) is 3.23. The Morgan fingerprint density at radius 2 is 1.97 bits per heavy atom. The number of amidine groups is 1. The van der Waals surface area contributed by atoms with Crippen molar-refractivity contribution in [3.8, 4) is 11.1 Å². The van der Waals surface area contributed by atoms with E-state index in [1.165, 1.54) is 11.1 Å². The Kier molecular flexibility index (Phi) is 4.44. The lowest BCUT2D eigenvalue weighted by atomic mass is 10.1. The van der Waals surface area contributed by atoms with Gasteiger partial charge in [0.15, 0.2) is 11.7 Å². The monoisotopic (exact) mass is 382 g/mol. The van der Waals surface area contributed by atoms with Crippen LogP contribution in [0, 0.1) is 0 Å². The number of fused-ring (bicyclic) bond motifs is 1. The molecule has 6 heteroatoms. The lowest BCUT2D eigenvalue weighted by molar-refractivity contribution is 0.659. The van der Waals surface area contributed by atoms with Crippen LogP contribution in [-0.4, -0.2) is 31.5 Å². The molecule has 5 rings (SSSR count). The molecule has 0 bridgehead atoms. The summed E-state index contributed by atoms with van der Waals surface area (Å²) in [5.74, 6) is 2.64. The van der Waals surface area contributed by atoms with Crippen molar-refractivity contribution in [1.29, 1.82) is 0 Å². The van der Waals surface area contributed by atoms with Crippen LogP contribution in [0.2, 0.25) is 0 Å². The summed E-state index contributed by atoms with van der Waals surface area (Å²) in [7, 11) is 0. The summed E-state index contributed by atoms with van der Waals surface area (Å²) in [6, 6.07) is 16.9. The molecule has 0 atom stereocenters. The summed E-state index contributed by atoms with van der Waals surface area (Å²) in [5.41, 5.74) is 4.55. The first-order valence-corrected chi connectivity index (χ1v) is 9.85. The molecule has 6 nitrogen and oxygen atoms in total. The number of aromatic nitrogens is 4. The fraction of sp³-hybridized carbons (Fsp3) is 0.174. The van der Waals surface area contributed by atoms with E-state index in [2.05, 4.69) is 73.8 Å². The zero-order valence-corrected chi connectivity index (χ0v) is 16.3. The van der Waals surface area contributed by atoms with Crippen molar-refractivity contribution in [2.75, 3.05) is 6.54 Å². The summed E-state index contributed by atoms with van der Waals surface area (Å²) in [6.07, 6.45) is 7.68. The molecular weight excluding hydrogens is 360 g/mol. The molecule has 0 fully saturated rings. The Labute approximate surface area is 169 Å². The van der Waals surface area contributed by atoms with Crippen molar-refractivity contribution in [2.45, 2.75) is 20.0 Å². The molecule has 0 amide bonds. The molecule has 0 aliphatic carbocycles. The fourth-order valence-corrected chi connectivity index (χ4v) is 3.79. The molecule has 0 unspecified atom stereocenters. The molecular formula is C23H22N6. The Morgan fingerprint density at radius 1 is 1.07 bits per heavy atom. The van der Waals surface area contributed by atoms with Crippen molar-refractivity contribution in [3.05, 3.63) is 84.8 Å². The fourth-order valence-electron chi connectivity index (χ4n) is 3.79. The zero-order chi connectivity index (χ0) is 19.6. The highest BCUT2D eigenvalue weighted by molar-refractivity contribution is 5.96. The molecule has 0 saturated carbocycles. The van der Waals surface area contributed by atoms with Crippen LogP contribution in [0.15, 0.2) is 78.2 Å². The van der Waals surface area contributed by atoms with Gasteiger partial charge in [0, 0.05) is 25.1 Å². The molecule has 144 valence electrons. The van der Waals surface area contributed by atoms with E-state index >= 15 is 0 Å². The van der Waals surface area contributed by atoms with Crippen LogP contribution >= 0.6 is 0 Å². The van der Waals surface area contributed by atoms with Crippen molar-refractivity contribution in [1.82, 2.24) is 24.4 Å². The van der Waals surface area contributed by atoms with Gasteiger partial charge in [0.25, 0.3) is 0 Å². The first-order valence-electron chi connectivity index (χ1n) is 9.85. The SMILES string of the molecule is CCn1c(Cn2ccnc2C2=NCC=CN2)nc2cc(-c3ccccc3)ccc21. The maximum Gasteiger partial charge on any atom is 0.176 e. The van der Waals surface area contributed by atoms with Crippen molar-refractivity contribution < 1.29 is 0 Å². The molecule has 0 saturated heterocycles. The largest absolute Gasteiger partial charge is 0.344 e. The minimum Gasteiger partial charge on any atom is -0.344 e. The minimum absolute atomic E-state index is 0.642. The summed E-state index contributed by atoms with van der Waals surface area (Å²) >= 11 is 0. The van der Waals surface area contributed by atoms with E-state index in [9.17, 15) is 0 Å². The van der Waals surface area contributed by atoms with Gasteiger partial charge in [0.05, 0.1) is 24.1 Å². The van der Waals surface area contributed by atoms with Gasteiger partial charge in [-0.1, -0.05) is 36.4 Å². The summed E-state index contributed by atoms with van der Waals surface area (Å²) in [4.78, 5) is 14.0. The van der Waals surface area contributed by atoms with Crippen LogP contribution in [0.5, 0.6) is 0 Å². The molecule has 4 aromatic rings. The summed E-state index contributed by atoms with van der Waals surface area (Å²) in [6.45, 7) is 4.33. The molecule has 2 aromatic carbocycles. The molecule has 1 N–H and O–H groups in total. The third-order valence-corrected chi connectivity index (χ3v) is 5.18. The highest BCUT2D eigenvalue weighted by atomic mass is 15.2. The second kappa shape index (κ2) is 7.39. The van der Waals surface area contributed by atoms with E-state index < -0.39 is 0 Å². The number of nitrogens with zero attached hydrogens (tertiary/aromatic N) is 5. The van der Waals surface area contributed by atoms with Crippen molar-refractivity contribution in [3.63, 3.8) is 0 Å². The standard InChI is InChI=1S/C23H22N6/c1-2-29-20-10-9-18(17-7-4-3-5-8-17)15-19(20)27-21(29)16-28-14-13-26-23(28)22-24-11-6-12-25-22/h3-11,13-15H,2,12,16H2,1H3,(H,24,25). The third-order valence-electron chi connectivity index (χ3n) is 5.18. The second-order valence-corrected chi connectivity index (χ2v) is 6.96. The second-order valence-electron chi connectivity index (χ2n) is 6.96. The van der Waals surface area contributed by atoms with Gasteiger partial charge in [0.1, 0.15) is 5.82 Å². The number of aliphatic imine (C=N–C) groups is 1. The number of hydrogen-bond donors (Lipinski definition) is 1. The van der Waals surface area contributed by atoms with Crippen LogP contribution in [0.1, 0.15) is 18.6 Å². The van der Waals surface area contributed by atoms with Gasteiger partial charge in [-0.05, 0) is 36.3 Å². The first kappa shape index (κ1) is 17.4. The van der Waals surface area contributed by atoms with Crippen LogP contribution in [0.4, 0.5) is 0 Å². The predicted molar refractivity (Wildman–Crippen MR) is 116 cm³/mol. The number of benzene rings is 2. The molecule has 0 radical (unpaired) electrons. The Hall–Kier alpha value is -3.67. The lowest BCUT2D eigenvalue weighted by Crippen LogP contribution is -2.26. The Bertz CT molecular complexity index is 1210. The number of rotatable bonds is 5. The number of aryl methyl sites for hydroxylation is 1. The van der Waals surface area contributed by atoms with Crippen LogP contribution in [0.25, 0.3) is 22.2 Å². The van der Waals surface area contributed by atoms with Crippen molar-refractivity contribution >= 4 is 16.9 Å². The molecule has 1 aliphatic heterocycles. The van der Waals surface area contributed by atoms with Gasteiger partial charge in [-0.15, -0.1) is 0 Å². The van der Waals surface area contributed by atoms with Crippen LogP contribution in [0.3, 0.4) is 0 Å². The maximum absolute atomic E-state index is 4.97. The van der Waals surface area contributed by atoms with E-state index in [0.29, 0.717) is 13.1 Å². The molecule has 2 aromatic heterocycles. The highest BCUT2D eigenvalue weighted by Crippen LogP contribution is 2.25. The maximum atomic E-state index is 4.97. The molecule has 29 heavy (non-hydrogen) atoms. The summed E-state index contributed by atoms with van der Waals surface area (Å²) in [5, 5.41) is 3.19. The van der Waals surface area contributed by atoms with Crippen LogP contribution < -0.4 is 5.32 Å². The van der Waals surface area contributed by atoms with Gasteiger partial charge in [-0.2, -0.15) is 0 Å². The average molecular weight is 382 g/mol. The summed E-state index contributed by atoms with van der Waals surface area (Å²) < 4.78 is 4.36. The predicted octanol–water partition coefficient (Wildman–Crippen LogP) is 3.83. The van der Waals surface area contributed by atoms with Gasteiger partial charge in [0.2, 0.25) is 0 Å². The van der Waals surface area contributed by atoms with E-state index in [1.807, 2.05) is 30.7 Å². The normalized spacial score (nSPS) is 13.5. The first-order chi connectivity index (χ1) is 14.3. The average Bonchev–Trinajstić information content (AvgIpc) is 3.38. The van der Waals surface area contributed by atoms with Crippen LogP contribution in [-0.2, 0) is 13.1 Å². The van der Waals surface area contributed by atoms with E-state index in [-0.39, 0.29) is 0 Å². The minimum atomic E-state index is 0.642. The number of imidazole rings is 2. The molecule has 0 spiro atoms. The Balaban J connectivity index is 1.52. The van der Waals surface area contributed by atoms with E-state index in [4.69, 9.17) is 4.98 Å². The Morgan fingerprint density at radius 3 is 2.76 bits per heavy atom. The molecule has 3 heterocycles. The van der Waals surface area contributed by atoms with E-state index in [0.717, 1.165) is 35.1 Å². The topological polar surface area (TPSA) is 60.0 Å². The highest BCUT2D eigenvalue weighted by Gasteiger charge is 2.15. The lowest BCUT2D eigenvalue weighted by Gasteiger charge is -2.12. The smallest absolute Gasteiger partial charge is 0.176 e. The molecule has 1 aliphatic rings. The quantitative estimate of drug-likeness (QED) is 0.571. The van der Waals surface area contributed by atoms with Crippen molar-refractivity contribution in [2.24, 2.45) is 4.99 Å². The van der Waals surface area contributed by atoms with E-state index in [1.54, 1.807) is 0 Å². The number of hydrogen-bond acceptors (Lipinski definition) is 4.